The van der Waals surface area contributed by atoms with Crippen LogP contribution in [-0.2, 0) is 22.3 Å². The lowest BCUT2D eigenvalue weighted by Crippen LogP contribution is -2.30. The number of anilines is 1. The van der Waals surface area contributed by atoms with Crippen molar-refractivity contribution in [2.75, 3.05) is 5.32 Å². The van der Waals surface area contributed by atoms with Crippen LogP contribution < -0.4 is 5.32 Å². The molecule has 0 saturated carbocycles. The van der Waals surface area contributed by atoms with E-state index < -0.39 is 29.7 Å². The van der Waals surface area contributed by atoms with E-state index in [1.165, 1.54) is 37.3 Å². The van der Waals surface area contributed by atoms with E-state index in [9.17, 15) is 22.8 Å². The fourth-order valence-electron chi connectivity index (χ4n) is 2.05. The Kier molecular flexibility index (Phi) is 5.99. The van der Waals surface area contributed by atoms with Crippen molar-refractivity contribution in [3.63, 3.8) is 0 Å². The van der Waals surface area contributed by atoms with Crippen LogP contribution in [-0.4, -0.2) is 23.1 Å². The average Bonchev–Trinajstić information content (AvgIpc) is 2.61. The minimum atomic E-state index is -4.53. The van der Waals surface area contributed by atoms with Gasteiger partial charge in [-0.05, 0) is 42.8 Å². The summed E-state index contributed by atoms with van der Waals surface area (Å²) in [5.41, 5.74) is -0.165. The van der Waals surface area contributed by atoms with Crippen LogP contribution in [0.3, 0.4) is 0 Å². The number of esters is 1. The van der Waals surface area contributed by atoms with E-state index in [0.29, 0.717) is 5.56 Å². The molecular formula is C18H16F3NO4. The fraction of sp³-hybridized carbons (Fsp3) is 0.222. The van der Waals surface area contributed by atoms with Crippen LogP contribution in [0, 0.1) is 0 Å². The van der Waals surface area contributed by atoms with Gasteiger partial charge < -0.3 is 15.2 Å². The quantitative estimate of drug-likeness (QED) is 0.795. The van der Waals surface area contributed by atoms with Crippen LogP contribution in [0.15, 0.2) is 48.5 Å². The summed E-state index contributed by atoms with van der Waals surface area (Å²) in [6.45, 7) is 1.13. The minimum Gasteiger partial charge on any atom is -0.449 e. The first kappa shape index (κ1) is 19.5. The molecule has 0 aliphatic heterocycles. The second-order valence-corrected chi connectivity index (χ2v) is 5.47. The number of alkyl halides is 3. The molecule has 0 radical (unpaired) electrons. The molecule has 2 aromatic rings. The number of ether oxygens (including phenoxy) is 1. The predicted octanol–water partition coefficient (Wildman–Crippen LogP) is 3.38. The summed E-state index contributed by atoms with van der Waals surface area (Å²) in [5.74, 6) is -1.52. The standard InChI is InChI=1S/C18H16F3NO4/c1-11(26-17(25)13-7-5-12(10-23)6-8-13)16(24)22-15-4-2-3-14(9-15)18(19,20)21/h2-9,11,23H,10H2,1H3,(H,22,24)/t11-/m0/s1. The molecule has 0 fully saturated rings. The number of hydrogen-bond donors (Lipinski definition) is 2. The zero-order valence-electron chi connectivity index (χ0n) is 13.7. The second kappa shape index (κ2) is 8.01. The third-order valence-electron chi connectivity index (χ3n) is 3.48. The van der Waals surface area contributed by atoms with Gasteiger partial charge in [0.2, 0.25) is 0 Å². The molecule has 5 nitrogen and oxygen atoms in total. The molecule has 8 heteroatoms. The molecule has 26 heavy (non-hydrogen) atoms. The first-order valence-corrected chi connectivity index (χ1v) is 7.59. The van der Waals surface area contributed by atoms with Crippen molar-refractivity contribution in [2.24, 2.45) is 0 Å². The van der Waals surface area contributed by atoms with E-state index in [4.69, 9.17) is 9.84 Å². The number of rotatable bonds is 5. The van der Waals surface area contributed by atoms with Crippen LogP contribution in [0.2, 0.25) is 0 Å². The first-order chi connectivity index (χ1) is 12.2. The Labute approximate surface area is 147 Å². The van der Waals surface area contributed by atoms with Crippen molar-refractivity contribution in [3.8, 4) is 0 Å². The summed E-state index contributed by atoms with van der Waals surface area (Å²) in [5, 5.41) is 11.2. The highest BCUT2D eigenvalue weighted by Gasteiger charge is 2.30. The molecule has 138 valence electrons. The molecule has 2 aromatic carbocycles. The van der Waals surface area contributed by atoms with Crippen LogP contribution >= 0.6 is 0 Å². The van der Waals surface area contributed by atoms with Gasteiger partial charge in [0.15, 0.2) is 6.10 Å². The third kappa shape index (κ3) is 5.06. The fourth-order valence-corrected chi connectivity index (χ4v) is 2.05. The summed E-state index contributed by atoms with van der Waals surface area (Å²) < 4.78 is 43.0. The van der Waals surface area contributed by atoms with Crippen LogP contribution in [0.4, 0.5) is 18.9 Å². The van der Waals surface area contributed by atoms with Gasteiger partial charge in [0.25, 0.3) is 5.91 Å². The van der Waals surface area contributed by atoms with Gasteiger partial charge in [0.1, 0.15) is 0 Å². The van der Waals surface area contributed by atoms with Crippen LogP contribution in [0.5, 0.6) is 0 Å². The Morgan fingerprint density at radius 2 is 1.81 bits per heavy atom. The molecule has 1 atom stereocenters. The topological polar surface area (TPSA) is 75.6 Å². The van der Waals surface area contributed by atoms with Crippen molar-refractivity contribution >= 4 is 17.6 Å². The monoisotopic (exact) mass is 367 g/mol. The maximum absolute atomic E-state index is 12.7. The number of nitrogens with one attached hydrogen (secondary N) is 1. The normalized spacial score (nSPS) is 12.3. The summed E-state index contributed by atoms with van der Waals surface area (Å²) in [7, 11) is 0. The molecule has 0 unspecified atom stereocenters. The Morgan fingerprint density at radius 1 is 1.15 bits per heavy atom. The summed E-state index contributed by atoms with van der Waals surface area (Å²) >= 11 is 0. The lowest BCUT2D eigenvalue weighted by molar-refractivity contribution is -0.137. The largest absolute Gasteiger partial charge is 0.449 e. The van der Waals surface area contributed by atoms with Crippen molar-refractivity contribution in [2.45, 2.75) is 25.8 Å². The predicted molar refractivity (Wildman–Crippen MR) is 87.3 cm³/mol. The number of benzene rings is 2. The number of aliphatic hydroxyl groups excluding tert-OH is 1. The van der Waals surface area contributed by atoms with Gasteiger partial charge in [0, 0.05) is 5.69 Å². The molecule has 0 aromatic heterocycles. The van der Waals surface area contributed by atoms with E-state index in [-0.39, 0.29) is 17.9 Å². The van der Waals surface area contributed by atoms with E-state index in [1.807, 2.05) is 0 Å². The van der Waals surface area contributed by atoms with Gasteiger partial charge in [-0.15, -0.1) is 0 Å². The zero-order chi connectivity index (χ0) is 19.3. The van der Waals surface area contributed by atoms with Gasteiger partial charge >= 0.3 is 12.1 Å². The molecule has 0 heterocycles. The highest BCUT2D eigenvalue weighted by molar-refractivity contribution is 5.97. The van der Waals surface area contributed by atoms with E-state index in [1.54, 1.807) is 0 Å². The van der Waals surface area contributed by atoms with Gasteiger partial charge in [-0.2, -0.15) is 13.2 Å². The number of aliphatic hydroxyl groups is 1. The van der Waals surface area contributed by atoms with E-state index >= 15 is 0 Å². The molecule has 2 rings (SSSR count). The van der Waals surface area contributed by atoms with E-state index in [0.717, 1.165) is 18.2 Å². The molecule has 0 aliphatic carbocycles. The summed E-state index contributed by atoms with van der Waals surface area (Å²) in [6.07, 6.45) is -5.74. The maximum atomic E-state index is 12.7. The highest BCUT2D eigenvalue weighted by atomic mass is 19.4. The minimum absolute atomic E-state index is 0.0555. The molecule has 2 N–H and O–H groups in total. The van der Waals surface area contributed by atoms with Gasteiger partial charge in [-0.1, -0.05) is 18.2 Å². The lowest BCUT2D eigenvalue weighted by Gasteiger charge is -2.14. The van der Waals surface area contributed by atoms with Gasteiger partial charge in [-0.25, -0.2) is 4.79 Å². The molecule has 0 spiro atoms. The van der Waals surface area contributed by atoms with E-state index in [2.05, 4.69) is 5.32 Å². The maximum Gasteiger partial charge on any atom is 0.416 e. The van der Waals surface area contributed by atoms with Gasteiger partial charge in [-0.3, -0.25) is 4.79 Å². The Hall–Kier alpha value is -2.87. The Bertz CT molecular complexity index is 788. The second-order valence-electron chi connectivity index (χ2n) is 5.47. The highest BCUT2D eigenvalue weighted by Crippen LogP contribution is 2.30. The van der Waals surface area contributed by atoms with Crippen molar-refractivity contribution in [3.05, 3.63) is 65.2 Å². The Morgan fingerprint density at radius 3 is 2.38 bits per heavy atom. The van der Waals surface area contributed by atoms with Crippen LogP contribution in [0.1, 0.15) is 28.4 Å². The number of carbonyl (C=O) groups excluding carboxylic acids is 2. The molecular weight excluding hydrogens is 351 g/mol. The number of amides is 1. The first-order valence-electron chi connectivity index (χ1n) is 7.59. The molecule has 0 saturated heterocycles. The van der Waals surface area contributed by atoms with Crippen molar-refractivity contribution in [1.29, 1.82) is 0 Å². The number of hydrogen-bond acceptors (Lipinski definition) is 4. The molecule has 0 aliphatic rings. The molecule has 1 amide bonds. The number of halogens is 3. The molecule has 0 bridgehead atoms. The smallest absolute Gasteiger partial charge is 0.416 e. The van der Waals surface area contributed by atoms with Crippen LogP contribution in [0.25, 0.3) is 0 Å². The third-order valence-corrected chi connectivity index (χ3v) is 3.48. The van der Waals surface area contributed by atoms with Crippen molar-refractivity contribution < 1.29 is 32.6 Å². The number of carbonyl (C=O) groups is 2. The summed E-state index contributed by atoms with van der Waals surface area (Å²) in [6, 6.07) is 10.1. The SMILES string of the molecule is C[C@H](OC(=O)c1ccc(CO)cc1)C(=O)Nc1cccc(C(F)(F)F)c1. The van der Waals surface area contributed by atoms with Crippen molar-refractivity contribution in [1.82, 2.24) is 0 Å². The Balaban J connectivity index is 1.99. The lowest BCUT2D eigenvalue weighted by atomic mass is 10.1. The zero-order valence-corrected chi connectivity index (χ0v) is 13.7. The average molecular weight is 367 g/mol. The van der Waals surface area contributed by atoms with Gasteiger partial charge in [0.05, 0.1) is 17.7 Å². The summed E-state index contributed by atoms with van der Waals surface area (Å²) in [4.78, 5) is 24.0.